The third-order valence-corrected chi connectivity index (χ3v) is 5.01. The van der Waals surface area contributed by atoms with Gasteiger partial charge in [-0.1, -0.05) is 12.1 Å². The van der Waals surface area contributed by atoms with E-state index in [1.807, 2.05) is 0 Å². The van der Waals surface area contributed by atoms with Gasteiger partial charge in [0.05, 0.1) is 12.2 Å². The molecule has 3 aliphatic rings. The Morgan fingerprint density at radius 2 is 1.60 bits per heavy atom. The minimum Gasteiger partial charge on any atom is -0.506 e. The molecular weight excluding hydrogens is 396 g/mol. The molecule has 10 heteroatoms. The number of rotatable bonds is 4. The third kappa shape index (κ3) is 4.14. The predicted molar refractivity (Wildman–Crippen MR) is 102 cm³/mol. The van der Waals surface area contributed by atoms with Gasteiger partial charge in [0, 0.05) is 0 Å². The van der Waals surface area contributed by atoms with Crippen molar-refractivity contribution in [3.05, 3.63) is 24.3 Å². The van der Waals surface area contributed by atoms with Crippen LogP contribution in [0.25, 0.3) is 0 Å². The molecule has 3 heterocycles. The van der Waals surface area contributed by atoms with E-state index in [1.165, 1.54) is 6.07 Å². The number of phenolic OH excluding ortho intramolecular Hbond substituents is 1. The van der Waals surface area contributed by atoms with Crippen LogP contribution >= 0.6 is 0 Å². The Hall–Kier alpha value is -2.24. The molecule has 2 amide bonds. The lowest BCUT2D eigenvalue weighted by atomic mass is 9.98. The highest BCUT2D eigenvalue weighted by Crippen LogP contribution is 2.44. The molecule has 0 radical (unpaired) electrons. The summed E-state index contributed by atoms with van der Waals surface area (Å²) in [5.41, 5.74) is 0.251. The number of hydrogen-bond acceptors (Lipinski definition) is 8. The van der Waals surface area contributed by atoms with E-state index in [1.54, 1.807) is 45.9 Å². The summed E-state index contributed by atoms with van der Waals surface area (Å²) in [7, 11) is 0. The van der Waals surface area contributed by atoms with Crippen LogP contribution in [0.5, 0.6) is 5.75 Å². The lowest BCUT2D eigenvalue weighted by Crippen LogP contribution is -2.59. The molecule has 4 rings (SSSR count). The fraction of sp³-hybridized carbons (Fsp3) is 0.600. The van der Waals surface area contributed by atoms with Crippen LogP contribution < -0.4 is 10.6 Å². The van der Waals surface area contributed by atoms with Crippen molar-refractivity contribution in [3.8, 4) is 5.75 Å². The molecule has 3 fully saturated rings. The quantitative estimate of drug-likeness (QED) is 0.610. The first kappa shape index (κ1) is 21.0. The second-order valence-electron chi connectivity index (χ2n) is 8.37. The Morgan fingerprint density at radius 3 is 2.33 bits per heavy atom. The van der Waals surface area contributed by atoms with Crippen molar-refractivity contribution in [2.75, 3.05) is 11.9 Å². The molecule has 30 heavy (non-hydrogen) atoms. The molecule has 0 aliphatic carbocycles. The van der Waals surface area contributed by atoms with E-state index in [0.29, 0.717) is 0 Å². The molecule has 1 aromatic carbocycles. The minimum absolute atomic E-state index is 0.0681. The van der Waals surface area contributed by atoms with Gasteiger partial charge >= 0.3 is 0 Å². The highest BCUT2D eigenvalue weighted by atomic mass is 16.9. The number of phenols is 1. The Kier molecular flexibility index (Phi) is 5.23. The normalized spacial score (nSPS) is 33.4. The van der Waals surface area contributed by atoms with Gasteiger partial charge in [-0.3, -0.25) is 9.59 Å². The van der Waals surface area contributed by atoms with Crippen LogP contribution in [0.4, 0.5) is 5.69 Å². The van der Waals surface area contributed by atoms with E-state index in [4.69, 9.17) is 23.7 Å². The highest BCUT2D eigenvalue weighted by molar-refractivity contribution is 5.96. The van der Waals surface area contributed by atoms with Gasteiger partial charge in [0.2, 0.25) is 5.91 Å². The minimum atomic E-state index is -1.05. The van der Waals surface area contributed by atoms with Crippen LogP contribution in [0.15, 0.2) is 24.3 Å². The van der Waals surface area contributed by atoms with E-state index in [0.717, 1.165) is 0 Å². The van der Waals surface area contributed by atoms with Crippen LogP contribution in [0.1, 0.15) is 27.7 Å². The van der Waals surface area contributed by atoms with Crippen molar-refractivity contribution in [3.63, 3.8) is 0 Å². The van der Waals surface area contributed by atoms with Crippen LogP contribution in [-0.4, -0.2) is 65.7 Å². The third-order valence-electron chi connectivity index (χ3n) is 5.01. The smallest absolute Gasteiger partial charge is 0.252 e. The molecule has 5 atom stereocenters. The molecule has 0 spiro atoms. The van der Waals surface area contributed by atoms with E-state index in [-0.39, 0.29) is 18.0 Å². The Bertz CT molecular complexity index is 842. The van der Waals surface area contributed by atoms with E-state index >= 15 is 0 Å². The number of nitrogens with one attached hydrogen (secondary N) is 2. The second-order valence-corrected chi connectivity index (χ2v) is 8.37. The maximum atomic E-state index is 12.8. The monoisotopic (exact) mass is 422 g/mol. The van der Waals surface area contributed by atoms with Gasteiger partial charge in [-0.2, -0.15) is 0 Å². The van der Waals surface area contributed by atoms with Crippen LogP contribution in [0.3, 0.4) is 0 Å². The Balaban J connectivity index is 1.41. The molecule has 0 aromatic heterocycles. The second kappa shape index (κ2) is 7.47. The first-order valence-electron chi connectivity index (χ1n) is 9.77. The Morgan fingerprint density at radius 1 is 0.967 bits per heavy atom. The molecule has 164 valence electrons. The zero-order valence-electron chi connectivity index (χ0n) is 17.2. The van der Waals surface area contributed by atoms with Gasteiger partial charge in [0.25, 0.3) is 5.91 Å². The molecule has 0 saturated carbocycles. The zero-order valence-corrected chi connectivity index (χ0v) is 17.2. The zero-order chi connectivity index (χ0) is 21.7. The Labute approximate surface area is 173 Å². The van der Waals surface area contributed by atoms with Gasteiger partial charge < -0.3 is 39.4 Å². The molecular formula is C20H26N2O8. The standard InChI is InChI=1S/C20H26N2O8/c1-19(2)27-13-14(28-19)16-18(30-20(3,4)29-16)26-15(13)17(25)21-9-12(24)22-10-7-5-6-8-11(10)23/h5-8,13-16,18,23H,9H2,1-4H3,(H,21,25)(H,22,24)/t13-,14+,15-,16-,18-/m1/s1. The molecule has 0 bridgehead atoms. The van der Waals surface area contributed by atoms with Crippen molar-refractivity contribution in [2.45, 2.75) is 70.0 Å². The molecule has 0 unspecified atom stereocenters. The van der Waals surface area contributed by atoms with E-state index in [9.17, 15) is 14.7 Å². The van der Waals surface area contributed by atoms with Crippen LogP contribution in [0, 0.1) is 0 Å². The first-order chi connectivity index (χ1) is 14.0. The maximum absolute atomic E-state index is 12.8. The SMILES string of the molecule is CC1(C)O[C@H]2[C@@H](O1)[C@H](C(=O)NCC(=O)Nc1ccccc1O)O[C@@H]1OC(C)(C)O[C@@H]12. The molecule has 3 N–H and O–H groups in total. The van der Waals surface area contributed by atoms with Crippen molar-refractivity contribution < 1.29 is 38.4 Å². The first-order valence-corrected chi connectivity index (χ1v) is 9.77. The number of hydrogen-bond donors (Lipinski definition) is 3. The van der Waals surface area contributed by atoms with Crippen LogP contribution in [-0.2, 0) is 33.3 Å². The molecule has 3 aliphatic heterocycles. The fourth-order valence-electron chi connectivity index (χ4n) is 3.87. The number of anilines is 1. The lowest BCUT2D eigenvalue weighted by Gasteiger charge is -2.36. The van der Waals surface area contributed by atoms with Crippen molar-refractivity contribution in [1.82, 2.24) is 5.32 Å². The average molecular weight is 422 g/mol. The van der Waals surface area contributed by atoms with Gasteiger partial charge in [-0.15, -0.1) is 0 Å². The van der Waals surface area contributed by atoms with Gasteiger partial charge in [-0.25, -0.2) is 0 Å². The van der Waals surface area contributed by atoms with Crippen molar-refractivity contribution >= 4 is 17.5 Å². The van der Waals surface area contributed by atoms with E-state index in [2.05, 4.69) is 10.6 Å². The van der Waals surface area contributed by atoms with Crippen molar-refractivity contribution in [1.29, 1.82) is 0 Å². The summed E-state index contributed by atoms with van der Waals surface area (Å²) in [5, 5.41) is 14.8. The molecule has 1 aromatic rings. The number of benzene rings is 1. The number of carbonyl (C=O) groups excluding carboxylic acids is 2. The number of para-hydroxylation sites is 2. The summed E-state index contributed by atoms with van der Waals surface area (Å²) in [4.78, 5) is 25.0. The molecule has 10 nitrogen and oxygen atoms in total. The number of ether oxygens (including phenoxy) is 5. The summed E-state index contributed by atoms with van der Waals surface area (Å²) in [5.74, 6) is -2.92. The number of amides is 2. The summed E-state index contributed by atoms with van der Waals surface area (Å²) in [6.07, 6.45) is -3.68. The number of carbonyl (C=O) groups is 2. The number of fused-ring (bicyclic) bond motifs is 3. The highest BCUT2D eigenvalue weighted by Gasteiger charge is 2.62. The largest absolute Gasteiger partial charge is 0.506 e. The van der Waals surface area contributed by atoms with E-state index < -0.39 is 54.1 Å². The summed E-state index contributed by atoms with van der Waals surface area (Å²) >= 11 is 0. The lowest BCUT2D eigenvalue weighted by molar-refractivity contribution is -0.231. The topological polar surface area (TPSA) is 125 Å². The summed E-state index contributed by atoms with van der Waals surface area (Å²) in [6.45, 7) is 6.68. The van der Waals surface area contributed by atoms with Gasteiger partial charge in [0.1, 0.15) is 24.1 Å². The summed E-state index contributed by atoms with van der Waals surface area (Å²) < 4.78 is 29.4. The van der Waals surface area contributed by atoms with Crippen molar-refractivity contribution in [2.24, 2.45) is 0 Å². The van der Waals surface area contributed by atoms with Gasteiger partial charge in [0.15, 0.2) is 24.0 Å². The predicted octanol–water partition coefficient (Wildman–Crippen LogP) is 0.843. The fourth-order valence-corrected chi connectivity index (χ4v) is 3.87. The van der Waals surface area contributed by atoms with Crippen LogP contribution in [0.2, 0.25) is 0 Å². The molecule has 3 saturated heterocycles. The summed E-state index contributed by atoms with van der Waals surface area (Å²) in [6, 6.07) is 6.31. The maximum Gasteiger partial charge on any atom is 0.252 e. The number of aromatic hydroxyl groups is 1. The van der Waals surface area contributed by atoms with Gasteiger partial charge in [-0.05, 0) is 39.8 Å². The average Bonchev–Trinajstić information content (AvgIpc) is 3.14.